The van der Waals surface area contributed by atoms with Crippen LogP contribution in [0.15, 0.2) is 26.3 Å². The molecule has 0 spiro atoms. The van der Waals surface area contributed by atoms with Crippen molar-refractivity contribution in [3.05, 3.63) is 6.26 Å². The van der Waals surface area contributed by atoms with Crippen LogP contribution in [-0.4, -0.2) is 10.4 Å². The molecular weight excluding hydrogens is 124 g/mol. The highest BCUT2D eigenvalue weighted by molar-refractivity contribution is 5.14. The van der Waals surface area contributed by atoms with Gasteiger partial charge >= 0.3 is 0 Å². The van der Waals surface area contributed by atoms with Gasteiger partial charge in [0.2, 0.25) is 5.82 Å². The molecule has 7 heteroatoms. The molecule has 0 saturated carbocycles. The highest BCUT2D eigenvalue weighted by Crippen LogP contribution is 2.03. The van der Waals surface area contributed by atoms with E-state index in [2.05, 4.69) is 30.5 Å². The zero-order valence-electron chi connectivity index (χ0n) is 4.22. The van der Waals surface area contributed by atoms with Gasteiger partial charge in [-0.25, -0.2) is 0 Å². The molecule has 0 fully saturated rings. The minimum absolute atomic E-state index is 0.200. The monoisotopic (exact) mass is 126 g/mol. The van der Waals surface area contributed by atoms with Crippen molar-refractivity contribution in [1.82, 2.24) is 10.4 Å². The summed E-state index contributed by atoms with van der Waals surface area (Å²) in [6, 6.07) is 0. The number of hydrogen-bond donors (Lipinski definition) is 1. The summed E-state index contributed by atoms with van der Waals surface area (Å²) in [6.45, 7) is 0. The first kappa shape index (κ1) is 5.48. The molecule has 7 nitrogen and oxygen atoms in total. The predicted octanol–water partition coefficient (Wildman–Crippen LogP) is 1.10. The lowest BCUT2D eigenvalue weighted by molar-refractivity contribution is 0.393. The SMILES string of the molecule is N=NN=Nc1conn1. The normalized spacial score (nSPS) is 10.2. The number of hydrogen-bond acceptors (Lipinski definition) is 5. The maximum atomic E-state index is 6.19. The van der Waals surface area contributed by atoms with Crippen molar-refractivity contribution < 1.29 is 4.52 Å². The van der Waals surface area contributed by atoms with E-state index in [0.29, 0.717) is 0 Å². The molecule has 1 aromatic rings. The maximum Gasteiger partial charge on any atom is 0.239 e. The molecule has 0 aliphatic rings. The average Bonchev–Trinajstić information content (AvgIpc) is 2.34. The molecule has 0 aliphatic heterocycles. The summed E-state index contributed by atoms with van der Waals surface area (Å²) in [6.07, 6.45) is 1.19. The Morgan fingerprint density at radius 1 is 1.67 bits per heavy atom. The van der Waals surface area contributed by atoms with Crippen molar-refractivity contribution >= 4 is 5.82 Å². The van der Waals surface area contributed by atoms with Gasteiger partial charge in [0.05, 0.1) is 0 Å². The van der Waals surface area contributed by atoms with Crippen LogP contribution in [0.25, 0.3) is 0 Å². The van der Waals surface area contributed by atoms with Gasteiger partial charge in [-0.3, -0.25) is 0 Å². The summed E-state index contributed by atoms with van der Waals surface area (Å²) < 4.78 is 4.29. The van der Waals surface area contributed by atoms with Crippen LogP contribution in [0.4, 0.5) is 5.82 Å². The number of aromatic nitrogens is 2. The summed E-state index contributed by atoms with van der Waals surface area (Å²) in [4.78, 5) is 0. The highest BCUT2D eigenvalue weighted by Gasteiger charge is 1.89. The van der Waals surface area contributed by atoms with Crippen molar-refractivity contribution in [2.45, 2.75) is 0 Å². The predicted molar refractivity (Wildman–Crippen MR) is 24.0 cm³/mol. The van der Waals surface area contributed by atoms with Crippen LogP contribution >= 0.6 is 0 Å². The van der Waals surface area contributed by atoms with Crippen molar-refractivity contribution in [3.63, 3.8) is 0 Å². The Bertz CT molecular complexity index is 201. The standard InChI is InChI=1S/C2H2N6O/c3-6-7-4-2-1-9-8-5-2/h1,3H. The van der Waals surface area contributed by atoms with E-state index in [-0.39, 0.29) is 5.82 Å². The van der Waals surface area contributed by atoms with E-state index >= 15 is 0 Å². The summed E-state index contributed by atoms with van der Waals surface area (Å²) in [7, 11) is 0. The zero-order valence-corrected chi connectivity index (χ0v) is 4.22. The van der Waals surface area contributed by atoms with Gasteiger partial charge in [0.1, 0.15) is 0 Å². The molecule has 1 heterocycles. The fraction of sp³-hybridized carbons (Fsp3) is 0. The first-order valence-corrected chi connectivity index (χ1v) is 1.98. The van der Waals surface area contributed by atoms with Crippen molar-refractivity contribution in [1.29, 1.82) is 5.53 Å². The Balaban J connectivity index is 2.67. The van der Waals surface area contributed by atoms with Gasteiger partial charge in [0.15, 0.2) is 6.26 Å². The first-order chi connectivity index (χ1) is 4.43. The van der Waals surface area contributed by atoms with Crippen molar-refractivity contribution in [2.75, 3.05) is 0 Å². The van der Waals surface area contributed by atoms with Gasteiger partial charge in [-0.05, 0) is 10.4 Å². The third-order valence-corrected chi connectivity index (χ3v) is 0.540. The molecule has 1 rings (SSSR count). The summed E-state index contributed by atoms with van der Waals surface area (Å²) in [5, 5.41) is 15.3. The molecular formula is C2H2N6O. The third-order valence-electron chi connectivity index (χ3n) is 0.540. The van der Waals surface area contributed by atoms with Crippen molar-refractivity contribution in [3.8, 4) is 0 Å². The lowest BCUT2D eigenvalue weighted by atomic mass is 10.8. The largest absolute Gasteiger partial charge is 0.343 e. The van der Waals surface area contributed by atoms with Crippen LogP contribution < -0.4 is 0 Å². The maximum absolute atomic E-state index is 6.19. The molecule has 0 saturated heterocycles. The molecule has 0 radical (unpaired) electrons. The van der Waals surface area contributed by atoms with Gasteiger partial charge in [-0.15, -0.1) is 5.11 Å². The van der Waals surface area contributed by atoms with Crippen LogP contribution in [0.3, 0.4) is 0 Å². The second-order valence-corrected chi connectivity index (χ2v) is 1.05. The second kappa shape index (κ2) is 2.60. The summed E-state index contributed by atoms with van der Waals surface area (Å²) in [5.74, 6) is 0.200. The topological polar surface area (TPSA) is 99.8 Å². The van der Waals surface area contributed by atoms with E-state index in [9.17, 15) is 0 Å². The van der Waals surface area contributed by atoms with Crippen LogP contribution in [0.5, 0.6) is 0 Å². The molecule has 0 unspecified atom stereocenters. The number of rotatable bonds is 2. The molecule has 46 valence electrons. The second-order valence-electron chi connectivity index (χ2n) is 1.05. The van der Waals surface area contributed by atoms with Crippen LogP contribution in [0.2, 0.25) is 0 Å². The van der Waals surface area contributed by atoms with Crippen molar-refractivity contribution in [2.24, 2.45) is 15.6 Å². The van der Waals surface area contributed by atoms with E-state index in [0.717, 1.165) is 0 Å². The fourth-order valence-corrected chi connectivity index (χ4v) is 0.271. The van der Waals surface area contributed by atoms with Gasteiger partial charge < -0.3 is 4.52 Å². The van der Waals surface area contributed by atoms with Crippen LogP contribution in [-0.2, 0) is 0 Å². The minimum atomic E-state index is 0.200. The fourth-order valence-electron chi connectivity index (χ4n) is 0.271. The molecule has 9 heavy (non-hydrogen) atoms. The molecule has 1 N–H and O–H groups in total. The first-order valence-electron chi connectivity index (χ1n) is 1.98. The summed E-state index contributed by atoms with van der Waals surface area (Å²) >= 11 is 0. The summed E-state index contributed by atoms with van der Waals surface area (Å²) in [5.41, 5.74) is 6.19. The van der Waals surface area contributed by atoms with Crippen LogP contribution in [0, 0.1) is 5.53 Å². The third kappa shape index (κ3) is 1.37. The Morgan fingerprint density at radius 3 is 3.11 bits per heavy atom. The van der Waals surface area contributed by atoms with Gasteiger partial charge in [-0.2, -0.15) is 5.53 Å². The molecule has 0 aliphatic carbocycles. The number of nitrogens with one attached hydrogen (secondary N) is 1. The van der Waals surface area contributed by atoms with Crippen LogP contribution in [0.1, 0.15) is 0 Å². The van der Waals surface area contributed by atoms with Gasteiger partial charge in [-0.1, -0.05) is 5.10 Å². The Morgan fingerprint density at radius 2 is 2.56 bits per heavy atom. The average molecular weight is 126 g/mol. The molecule has 0 aromatic carbocycles. The molecule has 0 bridgehead atoms. The number of nitrogens with zero attached hydrogens (tertiary/aromatic N) is 5. The van der Waals surface area contributed by atoms with E-state index in [1.807, 2.05) is 0 Å². The zero-order chi connectivity index (χ0) is 6.53. The lowest BCUT2D eigenvalue weighted by Crippen LogP contribution is -1.60. The van der Waals surface area contributed by atoms with E-state index in [4.69, 9.17) is 5.53 Å². The Kier molecular flexibility index (Phi) is 1.58. The Labute approximate surface area is 49.2 Å². The molecule has 1 aromatic heterocycles. The van der Waals surface area contributed by atoms with E-state index < -0.39 is 0 Å². The Hall–Kier alpha value is -1.66. The minimum Gasteiger partial charge on any atom is -0.343 e. The molecule has 0 amide bonds. The van der Waals surface area contributed by atoms with Gasteiger partial charge in [0.25, 0.3) is 0 Å². The quantitative estimate of drug-likeness (QED) is 0.474. The highest BCUT2D eigenvalue weighted by atomic mass is 16.5. The van der Waals surface area contributed by atoms with E-state index in [1.54, 1.807) is 0 Å². The smallest absolute Gasteiger partial charge is 0.239 e. The lowest BCUT2D eigenvalue weighted by Gasteiger charge is -1.68. The molecule has 0 atom stereocenters. The van der Waals surface area contributed by atoms with E-state index in [1.165, 1.54) is 6.26 Å². The van der Waals surface area contributed by atoms with Gasteiger partial charge in [0, 0.05) is 5.27 Å².